The molecule has 0 spiro atoms. The molecule has 0 fully saturated rings. The molecular formula is C22H31ClN2S. The van der Waals surface area contributed by atoms with Gasteiger partial charge in [0.2, 0.25) is 0 Å². The van der Waals surface area contributed by atoms with Crippen molar-refractivity contribution in [2.24, 2.45) is 0 Å². The highest BCUT2D eigenvalue weighted by atomic mass is 35.5. The molecule has 1 aliphatic heterocycles. The lowest BCUT2D eigenvalue weighted by Gasteiger charge is -2.35. The molecule has 0 aliphatic carbocycles. The Labute approximate surface area is 169 Å². The third-order valence-corrected chi connectivity index (χ3v) is 6.16. The Balaban J connectivity index is 0.00000243. The van der Waals surface area contributed by atoms with Gasteiger partial charge in [0.05, 0.1) is 11.4 Å². The van der Waals surface area contributed by atoms with E-state index in [-0.39, 0.29) is 17.8 Å². The molecule has 0 radical (unpaired) electrons. The van der Waals surface area contributed by atoms with E-state index >= 15 is 0 Å². The van der Waals surface area contributed by atoms with Gasteiger partial charge in [-0.2, -0.15) is 0 Å². The second kappa shape index (κ2) is 8.69. The van der Waals surface area contributed by atoms with E-state index in [1.165, 1.54) is 26.7 Å². The molecule has 26 heavy (non-hydrogen) atoms. The SMILES string of the molecule is CCN(CC)CCN1c2ccccc2Sc2ccc(C(C)(C)C)cc21.Cl. The van der Waals surface area contributed by atoms with Crippen LogP contribution in [0.1, 0.15) is 40.2 Å². The van der Waals surface area contributed by atoms with Crippen LogP contribution in [0.4, 0.5) is 11.4 Å². The molecule has 0 saturated heterocycles. The van der Waals surface area contributed by atoms with E-state index in [1.807, 2.05) is 11.8 Å². The van der Waals surface area contributed by atoms with Crippen molar-refractivity contribution < 1.29 is 0 Å². The first-order valence-corrected chi connectivity index (χ1v) is 10.2. The second-order valence-electron chi connectivity index (χ2n) is 7.68. The van der Waals surface area contributed by atoms with Gasteiger partial charge in [0, 0.05) is 22.9 Å². The van der Waals surface area contributed by atoms with Gasteiger partial charge in [-0.15, -0.1) is 12.4 Å². The number of halogens is 1. The smallest absolute Gasteiger partial charge is 0.0556 e. The summed E-state index contributed by atoms with van der Waals surface area (Å²) in [5, 5.41) is 0. The summed E-state index contributed by atoms with van der Waals surface area (Å²) in [6.07, 6.45) is 0. The lowest BCUT2D eigenvalue weighted by molar-refractivity contribution is 0.312. The third kappa shape index (κ3) is 4.39. The second-order valence-corrected chi connectivity index (χ2v) is 8.76. The van der Waals surface area contributed by atoms with Crippen molar-refractivity contribution in [3.8, 4) is 0 Å². The predicted octanol–water partition coefficient (Wildman–Crippen LogP) is 6.35. The van der Waals surface area contributed by atoms with Crippen molar-refractivity contribution in [1.29, 1.82) is 0 Å². The van der Waals surface area contributed by atoms with Gasteiger partial charge in [-0.25, -0.2) is 0 Å². The molecule has 2 nitrogen and oxygen atoms in total. The van der Waals surface area contributed by atoms with Gasteiger partial charge in [-0.3, -0.25) is 0 Å². The fraction of sp³-hybridized carbons (Fsp3) is 0.455. The van der Waals surface area contributed by atoms with E-state index in [0.29, 0.717) is 0 Å². The van der Waals surface area contributed by atoms with Crippen LogP contribution in [0, 0.1) is 0 Å². The van der Waals surface area contributed by atoms with Crippen molar-refractivity contribution in [1.82, 2.24) is 4.90 Å². The summed E-state index contributed by atoms with van der Waals surface area (Å²) in [7, 11) is 0. The van der Waals surface area contributed by atoms with Crippen LogP contribution in [0.5, 0.6) is 0 Å². The number of fused-ring (bicyclic) bond motifs is 2. The summed E-state index contributed by atoms with van der Waals surface area (Å²) < 4.78 is 0. The van der Waals surface area contributed by atoms with Crippen LogP contribution in [0.2, 0.25) is 0 Å². The Hall–Kier alpha value is -1.16. The van der Waals surface area contributed by atoms with Crippen molar-refractivity contribution in [2.45, 2.75) is 49.8 Å². The molecule has 0 bridgehead atoms. The van der Waals surface area contributed by atoms with E-state index in [0.717, 1.165) is 26.2 Å². The van der Waals surface area contributed by atoms with Gasteiger partial charge in [0.15, 0.2) is 0 Å². The van der Waals surface area contributed by atoms with E-state index in [9.17, 15) is 0 Å². The highest BCUT2D eigenvalue weighted by Crippen LogP contribution is 2.48. The maximum absolute atomic E-state index is 2.52. The van der Waals surface area contributed by atoms with Crippen molar-refractivity contribution in [3.05, 3.63) is 48.0 Å². The minimum atomic E-state index is 0. The Morgan fingerprint density at radius 1 is 0.923 bits per heavy atom. The zero-order valence-corrected chi connectivity index (χ0v) is 18.2. The molecule has 2 aromatic carbocycles. The monoisotopic (exact) mass is 390 g/mol. The molecule has 0 amide bonds. The molecule has 0 atom stereocenters. The predicted molar refractivity (Wildman–Crippen MR) is 118 cm³/mol. The minimum Gasteiger partial charge on any atom is -0.338 e. The fourth-order valence-corrected chi connectivity index (χ4v) is 4.39. The maximum atomic E-state index is 2.52. The van der Waals surface area contributed by atoms with Crippen molar-refractivity contribution in [3.63, 3.8) is 0 Å². The highest BCUT2D eigenvalue weighted by molar-refractivity contribution is 7.99. The topological polar surface area (TPSA) is 6.48 Å². The van der Waals surface area contributed by atoms with E-state index in [4.69, 9.17) is 0 Å². The van der Waals surface area contributed by atoms with Crippen LogP contribution in [-0.4, -0.2) is 31.1 Å². The molecule has 3 rings (SSSR count). The molecule has 0 unspecified atom stereocenters. The van der Waals surface area contributed by atoms with Crippen LogP contribution in [0.15, 0.2) is 52.3 Å². The number of hydrogen-bond acceptors (Lipinski definition) is 3. The lowest BCUT2D eigenvalue weighted by atomic mass is 9.87. The van der Waals surface area contributed by atoms with E-state index in [1.54, 1.807) is 0 Å². The zero-order chi connectivity index (χ0) is 18.0. The van der Waals surface area contributed by atoms with Gasteiger partial charge < -0.3 is 9.80 Å². The Kier molecular flexibility index (Phi) is 7.06. The van der Waals surface area contributed by atoms with E-state index < -0.39 is 0 Å². The molecular weight excluding hydrogens is 360 g/mol. The Morgan fingerprint density at radius 2 is 1.58 bits per heavy atom. The number of hydrogen-bond donors (Lipinski definition) is 0. The Morgan fingerprint density at radius 3 is 2.23 bits per heavy atom. The zero-order valence-electron chi connectivity index (χ0n) is 16.6. The maximum Gasteiger partial charge on any atom is 0.0556 e. The average molecular weight is 391 g/mol. The van der Waals surface area contributed by atoms with Gasteiger partial charge in [0.25, 0.3) is 0 Å². The van der Waals surface area contributed by atoms with Gasteiger partial charge in [-0.1, -0.05) is 64.6 Å². The van der Waals surface area contributed by atoms with Gasteiger partial charge >= 0.3 is 0 Å². The summed E-state index contributed by atoms with van der Waals surface area (Å²) in [5.41, 5.74) is 4.28. The fourth-order valence-electron chi connectivity index (χ4n) is 3.32. The van der Waals surface area contributed by atoms with Crippen molar-refractivity contribution >= 4 is 35.5 Å². The number of rotatable bonds is 5. The van der Waals surface area contributed by atoms with Gasteiger partial charge in [-0.05, 0) is 48.3 Å². The molecule has 1 heterocycles. The minimum absolute atomic E-state index is 0. The molecule has 2 aromatic rings. The van der Waals surface area contributed by atoms with Crippen molar-refractivity contribution in [2.75, 3.05) is 31.1 Å². The first-order chi connectivity index (χ1) is 11.9. The average Bonchev–Trinajstić information content (AvgIpc) is 2.60. The Bertz CT molecular complexity index is 735. The molecule has 4 heteroatoms. The van der Waals surface area contributed by atoms with Crippen LogP contribution in [0.3, 0.4) is 0 Å². The summed E-state index contributed by atoms with van der Waals surface area (Å²) in [6, 6.07) is 15.8. The summed E-state index contributed by atoms with van der Waals surface area (Å²) in [6.45, 7) is 15.7. The van der Waals surface area contributed by atoms with E-state index in [2.05, 4.69) is 86.9 Å². The quantitative estimate of drug-likeness (QED) is 0.587. The van der Waals surface area contributed by atoms with Crippen LogP contribution in [0.25, 0.3) is 0 Å². The largest absolute Gasteiger partial charge is 0.338 e. The number of nitrogens with zero attached hydrogens (tertiary/aromatic N) is 2. The first-order valence-electron chi connectivity index (χ1n) is 9.35. The van der Waals surface area contributed by atoms with Crippen LogP contribution >= 0.6 is 24.2 Å². The number of benzene rings is 2. The number of para-hydroxylation sites is 1. The number of anilines is 2. The standard InChI is InChI=1S/C22H30N2S.ClH/c1-6-23(7-2)14-15-24-18-10-8-9-11-20(18)25-21-13-12-17(16-19(21)24)22(3,4)5;/h8-13,16H,6-7,14-15H2,1-5H3;1H. The highest BCUT2D eigenvalue weighted by Gasteiger charge is 2.25. The summed E-state index contributed by atoms with van der Waals surface area (Å²) in [5.74, 6) is 0. The molecule has 0 N–H and O–H groups in total. The normalized spacial score (nSPS) is 13.2. The number of likely N-dealkylation sites (N-methyl/N-ethyl adjacent to an activating group) is 1. The lowest BCUT2D eigenvalue weighted by Crippen LogP contribution is -2.34. The molecule has 0 aromatic heterocycles. The van der Waals surface area contributed by atoms with Crippen LogP contribution in [-0.2, 0) is 5.41 Å². The third-order valence-electron chi connectivity index (χ3n) is 5.03. The molecule has 1 aliphatic rings. The first kappa shape index (κ1) is 21.1. The molecule has 142 valence electrons. The molecule has 0 saturated carbocycles. The van der Waals surface area contributed by atoms with Gasteiger partial charge in [0.1, 0.15) is 0 Å². The summed E-state index contributed by atoms with van der Waals surface area (Å²) in [4.78, 5) is 7.75. The van der Waals surface area contributed by atoms with Crippen LogP contribution < -0.4 is 4.90 Å². The summed E-state index contributed by atoms with van der Waals surface area (Å²) >= 11 is 1.90.